The minimum absolute atomic E-state index is 0.236. The first-order chi connectivity index (χ1) is 13.6. The smallest absolute Gasteiger partial charge is 0.158 e. The van der Waals surface area contributed by atoms with Gasteiger partial charge in [-0.05, 0) is 23.6 Å². The molecule has 0 radical (unpaired) electrons. The Morgan fingerprint density at radius 1 is 0.821 bits per heavy atom. The summed E-state index contributed by atoms with van der Waals surface area (Å²) >= 11 is 0. The first kappa shape index (κ1) is 20.0. The Kier molecular flexibility index (Phi) is 6.40. The van der Waals surface area contributed by atoms with E-state index in [-0.39, 0.29) is 18.3 Å². The lowest BCUT2D eigenvalue weighted by atomic mass is 9.80. The third-order valence-corrected chi connectivity index (χ3v) is 5.06. The second kappa shape index (κ2) is 8.96. The van der Waals surface area contributed by atoms with Crippen molar-refractivity contribution in [2.75, 3.05) is 6.61 Å². The molecule has 0 fully saturated rings. The van der Waals surface area contributed by atoms with Crippen LogP contribution in [-0.2, 0) is 15.1 Å². The average molecular weight is 374 g/mol. The van der Waals surface area contributed by atoms with Crippen LogP contribution in [0.1, 0.15) is 30.5 Å². The maximum Gasteiger partial charge on any atom is 0.158 e. The molecule has 0 aliphatic rings. The van der Waals surface area contributed by atoms with Gasteiger partial charge in [0.15, 0.2) is 5.78 Å². The van der Waals surface area contributed by atoms with Gasteiger partial charge in [-0.2, -0.15) is 0 Å². The van der Waals surface area contributed by atoms with Gasteiger partial charge in [-0.15, -0.1) is 0 Å². The second-order valence-electron chi connectivity index (χ2n) is 7.12. The highest BCUT2D eigenvalue weighted by Crippen LogP contribution is 2.40. The second-order valence-corrected chi connectivity index (χ2v) is 7.12. The van der Waals surface area contributed by atoms with Crippen LogP contribution in [0.15, 0.2) is 91.0 Å². The van der Waals surface area contributed by atoms with Crippen molar-refractivity contribution in [1.29, 1.82) is 0 Å². The van der Waals surface area contributed by atoms with Crippen molar-refractivity contribution < 1.29 is 14.6 Å². The molecular formula is C25H26O3. The van der Waals surface area contributed by atoms with Crippen molar-refractivity contribution in [3.05, 3.63) is 108 Å². The number of benzene rings is 3. The quantitative estimate of drug-likeness (QED) is 0.587. The number of rotatable bonds is 8. The summed E-state index contributed by atoms with van der Waals surface area (Å²) in [5.41, 5.74) is 2.15. The Morgan fingerprint density at radius 3 is 1.50 bits per heavy atom. The fraction of sp³-hybridized carbons (Fsp3) is 0.240. The minimum atomic E-state index is -1.04. The average Bonchev–Trinajstić information content (AvgIpc) is 2.75. The zero-order chi connectivity index (χ0) is 20.0. The topological polar surface area (TPSA) is 46.5 Å². The molecular weight excluding hydrogens is 348 g/mol. The van der Waals surface area contributed by atoms with Crippen LogP contribution in [0.3, 0.4) is 0 Å². The fourth-order valence-corrected chi connectivity index (χ4v) is 3.52. The van der Waals surface area contributed by atoms with Crippen LogP contribution in [0.5, 0.6) is 0 Å². The number of hydrogen-bond donors (Lipinski definition) is 1. The van der Waals surface area contributed by atoms with Gasteiger partial charge >= 0.3 is 0 Å². The summed E-state index contributed by atoms with van der Waals surface area (Å²) in [6.07, 6.45) is -1.04. The molecule has 3 nitrogen and oxygen atoms in total. The highest BCUT2D eigenvalue weighted by Gasteiger charge is 2.38. The lowest BCUT2D eigenvalue weighted by Gasteiger charge is -2.37. The molecule has 0 aliphatic heterocycles. The molecule has 0 bridgehead atoms. The van der Waals surface area contributed by atoms with Gasteiger partial charge in [0.25, 0.3) is 0 Å². The van der Waals surface area contributed by atoms with Crippen molar-refractivity contribution in [2.24, 2.45) is 5.92 Å². The molecule has 0 amide bonds. The predicted molar refractivity (Wildman–Crippen MR) is 111 cm³/mol. The zero-order valence-corrected chi connectivity index (χ0v) is 16.3. The summed E-state index contributed by atoms with van der Waals surface area (Å²) in [4.78, 5) is 11.6. The van der Waals surface area contributed by atoms with Crippen LogP contribution in [-0.4, -0.2) is 23.6 Å². The molecule has 0 aliphatic carbocycles. The summed E-state index contributed by atoms with van der Waals surface area (Å²) in [6.45, 7) is 3.47. The van der Waals surface area contributed by atoms with Crippen LogP contribution >= 0.6 is 0 Å². The Hall–Kier alpha value is -2.75. The molecule has 0 unspecified atom stereocenters. The molecule has 3 aromatic carbocycles. The van der Waals surface area contributed by atoms with E-state index in [9.17, 15) is 9.90 Å². The Bertz CT molecular complexity index is 779. The van der Waals surface area contributed by atoms with E-state index in [0.29, 0.717) is 0 Å². The molecule has 0 saturated carbocycles. The first-order valence-corrected chi connectivity index (χ1v) is 9.54. The first-order valence-electron chi connectivity index (χ1n) is 9.54. The SMILES string of the molecule is CC(=O)[C@@H](O)[C@H](C)COC(c1ccccc1)(c1ccccc1)c1ccccc1. The standard InChI is InChI=1S/C25H26O3/c1-19(24(27)20(2)26)18-28-25(21-12-6-3-7-13-21,22-14-8-4-9-15-22)23-16-10-5-11-17-23/h3-17,19,24,27H,18H2,1-2H3/t19-,24+/m1/s1. The van der Waals surface area contributed by atoms with Crippen LogP contribution in [0.2, 0.25) is 0 Å². The third-order valence-electron chi connectivity index (χ3n) is 5.06. The molecule has 3 heteroatoms. The highest BCUT2D eigenvalue weighted by atomic mass is 16.5. The van der Waals surface area contributed by atoms with Gasteiger partial charge in [0.05, 0.1) is 6.61 Å². The number of Topliss-reactive ketones (excluding diaryl/α,β-unsaturated/α-hetero) is 1. The molecule has 2 atom stereocenters. The number of carbonyl (C=O) groups is 1. The van der Waals surface area contributed by atoms with Crippen molar-refractivity contribution in [3.8, 4) is 0 Å². The summed E-state index contributed by atoms with van der Waals surface area (Å²) in [5, 5.41) is 10.2. The van der Waals surface area contributed by atoms with E-state index in [1.165, 1.54) is 6.92 Å². The molecule has 0 heterocycles. The summed E-state index contributed by atoms with van der Waals surface area (Å²) in [5.74, 6) is -0.575. The lowest BCUT2D eigenvalue weighted by molar-refractivity contribution is -0.129. The van der Waals surface area contributed by atoms with Crippen LogP contribution in [0, 0.1) is 5.92 Å². The molecule has 1 N–H and O–H groups in total. The van der Waals surface area contributed by atoms with E-state index in [4.69, 9.17) is 4.74 Å². The number of ketones is 1. The van der Waals surface area contributed by atoms with Crippen molar-refractivity contribution >= 4 is 5.78 Å². The lowest BCUT2D eigenvalue weighted by Crippen LogP contribution is -2.37. The van der Waals surface area contributed by atoms with E-state index in [1.807, 2.05) is 97.9 Å². The van der Waals surface area contributed by atoms with Gasteiger partial charge < -0.3 is 9.84 Å². The van der Waals surface area contributed by atoms with Gasteiger partial charge in [0, 0.05) is 5.92 Å². The van der Waals surface area contributed by atoms with E-state index in [0.717, 1.165) is 16.7 Å². The number of ether oxygens (including phenoxy) is 1. The third kappa shape index (κ3) is 4.06. The van der Waals surface area contributed by atoms with Crippen molar-refractivity contribution in [1.82, 2.24) is 0 Å². The number of hydrogen-bond acceptors (Lipinski definition) is 3. The van der Waals surface area contributed by atoms with Gasteiger partial charge in [0.2, 0.25) is 0 Å². The number of aliphatic hydroxyl groups excluding tert-OH is 1. The van der Waals surface area contributed by atoms with Gasteiger partial charge in [-0.1, -0.05) is 97.9 Å². The molecule has 3 rings (SSSR count). The highest BCUT2D eigenvalue weighted by molar-refractivity contribution is 5.80. The summed E-state index contributed by atoms with van der Waals surface area (Å²) in [6, 6.07) is 30.2. The van der Waals surface area contributed by atoms with Crippen LogP contribution < -0.4 is 0 Å². The summed E-state index contributed by atoms with van der Waals surface area (Å²) < 4.78 is 6.61. The normalized spacial score (nSPS) is 13.7. The monoisotopic (exact) mass is 374 g/mol. The molecule has 3 aromatic rings. The minimum Gasteiger partial charge on any atom is -0.385 e. The summed E-state index contributed by atoms with van der Waals surface area (Å²) in [7, 11) is 0. The van der Waals surface area contributed by atoms with Crippen molar-refractivity contribution in [3.63, 3.8) is 0 Å². The number of aliphatic hydroxyl groups is 1. The van der Waals surface area contributed by atoms with E-state index in [2.05, 4.69) is 0 Å². The van der Waals surface area contributed by atoms with Gasteiger partial charge in [-0.25, -0.2) is 0 Å². The van der Waals surface area contributed by atoms with Crippen molar-refractivity contribution in [2.45, 2.75) is 25.6 Å². The van der Waals surface area contributed by atoms with Crippen LogP contribution in [0.25, 0.3) is 0 Å². The fourth-order valence-electron chi connectivity index (χ4n) is 3.52. The molecule has 0 aromatic heterocycles. The Labute approximate surface area is 166 Å². The zero-order valence-electron chi connectivity index (χ0n) is 16.3. The molecule has 0 spiro atoms. The Balaban J connectivity index is 2.13. The maximum atomic E-state index is 11.6. The van der Waals surface area contributed by atoms with Gasteiger partial charge in [0.1, 0.15) is 11.7 Å². The largest absolute Gasteiger partial charge is 0.385 e. The molecule has 0 saturated heterocycles. The molecule has 28 heavy (non-hydrogen) atoms. The predicted octanol–water partition coefficient (Wildman–Crippen LogP) is 4.58. The number of carbonyl (C=O) groups excluding carboxylic acids is 1. The maximum absolute atomic E-state index is 11.6. The molecule has 144 valence electrons. The van der Waals surface area contributed by atoms with E-state index in [1.54, 1.807) is 0 Å². The Morgan fingerprint density at radius 2 is 1.18 bits per heavy atom. The van der Waals surface area contributed by atoms with Crippen LogP contribution in [0.4, 0.5) is 0 Å². The van der Waals surface area contributed by atoms with E-state index < -0.39 is 11.7 Å². The van der Waals surface area contributed by atoms with Gasteiger partial charge in [-0.3, -0.25) is 4.79 Å². The van der Waals surface area contributed by atoms with E-state index >= 15 is 0 Å².